The normalized spacial score (nSPS) is 8.23. The first-order chi connectivity index (χ1) is 6.08. The minimum atomic E-state index is -0.933. The summed E-state index contributed by atoms with van der Waals surface area (Å²) in [6, 6.07) is 0. The van der Waals surface area contributed by atoms with Gasteiger partial charge in [-0.3, -0.25) is 0 Å². The van der Waals surface area contributed by atoms with Crippen LogP contribution >= 0.6 is 0 Å². The first kappa shape index (κ1) is 14.4. The van der Waals surface area contributed by atoms with Crippen molar-refractivity contribution in [2.45, 2.75) is 0 Å². The molecule has 0 aromatic rings. The molecule has 0 rings (SSSR count). The molecular formula is C7H14O6. The lowest BCUT2D eigenvalue weighted by Gasteiger charge is -1.92. The highest BCUT2D eigenvalue weighted by atomic mass is 16.6. The van der Waals surface area contributed by atoms with Crippen molar-refractivity contribution in [2.75, 3.05) is 34.5 Å². The van der Waals surface area contributed by atoms with E-state index in [-0.39, 0.29) is 19.2 Å². The van der Waals surface area contributed by atoms with Crippen LogP contribution in [-0.2, 0) is 23.8 Å². The van der Waals surface area contributed by atoms with Gasteiger partial charge in [-0.1, -0.05) is 0 Å². The van der Waals surface area contributed by atoms with Crippen molar-refractivity contribution in [3.8, 4) is 0 Å². The SMILES string of the molecule is COCC(=O)O.COCC(=O)OC. The van der Waals surface area contributed by atoms with Crippen LogP contribution < -0.4 is 0 Å². The average Bonchev–Trinajstić information content (AvgIpc) is 2.05. The smallest absolute Gasteiger partial charge is 0.331 e. The molecule has 0 aromatic heterocycles. The fourth-order valence-electron chi connectivity index (χ4n) is 0.300. The molecule has 0 atom stereocenters. The number of methoxy groups -OCH3 is 3. The van der Waals surface area contributed by atoms with Crippen LogP contribution in [0.25, 0.3) is 0 Å². The highest BCUT2D eigenvalue weighted by molar-refractivity contribution is 5.70. The largest absolute Gasteiger partial charge is 0.480 e. The lowest BCUT2D eigenvalue weighted by atomic mass is 10.7. The Hall–Kier alpha value is -1.14. The van der Waals surface area contributed by atoms with E-state index in [9.17, 15) is 9.59 Å². The third-order valence-corrected chi connectivity index (χ3v) is 0.758. The number of aliphatic carboxylic acids is 1. The molecule has 0 spiro atoms. The second kappa shape index (κ2) is 10.9. The first-order valence-corrected chi connectivity index (χ1v) is 3.35. The van der Waals surface area contributed by atoms with Crippen LogP contribution in [0.15, 0.2) is 0 Å². The van der Waals surface area contributed by atoms with E-state index in [0.717, 1.165) is 0 Å². The predicted octanol–water partition coefficient (Wildman–Crippen LogP) is -0.477. The Bertz CT molecular complexity index is 144. The van der Waals surface area contributed by atoms with E-state index in [2.05, 4.69) is 14.2 Å². The summed E-state index contributed by atoms with van der Waals surface area (Å²) in [6.45, 7) is -0.170. The molecule has 0 saturated carbocycles. The van der Waals surface area contributed by atoms with Gasteiger partial charge < -0.3 is 19.3 Å². The van der Waals surface area contributed by atoms with E-state index < -0.39 is 5.97 Å². The zero-order valence-electron chi connectivity index (χ0n) is 7.90. The maximum atomic E-state index is 10.1. The summed E-state index contributed by atoms with van der Waals surface area (Å²) in [5.41, 5.74) is 0. The van der Waals surface area contributed by atoms with Gasteiger partial charge in [-0.2, -0.15) is 0 Å². The molecule has 1 N–H and O–H groups in total. The van der Waals surface area contributed by atoms with Crippen molar-refractivity contribution in [3.63, 3.8) is 0 Å². The van der Waals surface area contributed by atoms with Crippen LogP contribution in [-0.4, -0.2) is 51.6 Å². The Morgan fingerprint density at radius 1 is 1.08 bits per heavy atom. The van der Waals surface area contributed by atoms with Crippen molar-refractivity contribution < 1.29 is 28.9 Å². The molecule has 0 radical (unpaired) electrons. The molecule has 0 aromatic carbocycles. The van der Waals surface area contributed by atoms with Crippen LogP contribution in [0.4, 0.5) is 0 Å². The number of esters is 1. The summed E-state index contributed by atoms with van der Waals surface area (Å²) in [6.07, 6.45) is 0. The number of carbonyl (C=O) groups is 2. The molecule has 0 fully saturated rings. The van der Waals surface area contributed by atoms with Gasteiger partial charge in [-0.25, -0.2) is 9.59 Å². The number of hydrogen-bond acceptors (Lipinski definition) is 5. The van der Waals surface area contributed by atoms with E-state index in [1.165, 1.54) is 21.3 Å². The Morgan fingerprint density at radius 2 is 1.54 bits per heavy atom. The quantitative estimate of drug-likeness (QED) is 0.609. The molecule has 0 heterocycles. The number of hydrogen-bond donors (Lipinski definition) is 1. The maximum Gasteiger partial charge on any atom is 0.331 e. The van der Waals surface area contributed by atoms with Crippen LogP contribution in [0.1, 0.15) is 0 Å². The van der Waals surface area contributed by atoms with Gasteiger partial charge in [0.15, 0.2) is 0 Å². The first-order valence-electron chi connectivity index (χ1n) is 3.35. The zero-order valence-corrected chi connectivity index (χ0v) is 7.90. The maximum absolute atomic E-state index is 10.1. The fraction of sp³-hybridized carbons (Fsp3) is 0.714. The molecule has 13 heavy (non-hydrogen) atoms. The molecule has 0 saturated heterocycles. The lowest BCUT2D eigenvalue weighted by molar-refractivity contribution is -0.145. The van der Waals surface area contributed by atoms with Crippen molar-refractivity contribution in [2.24, 2.45) is 0 Å². The van der Waals surface area contributed by atoms with E-state index in [1.807, 2.05) is 0 Å². The van der Waals surface area contributed by atoms with Crippen molar-refractivity contribution in [1.82, 2.24) is 0 Å². The van der Waals surface area contributed by atoms with E-state index in [1.54, 1.807) is 0 Å². The molecule has 0 aliphatic carbocycles. The minimum absolute atomic E-state index is 0.0382. The van der Waals surface area contributed by atoms with Crippen LogP contribution in [0.2, 0.25) is 0 Å². The number of carboxylic acids is 1. The highest BCUT2D eigenvalue weighted by Crippen LogP contribution is 1.71. The molecule has 0 amide bonds. The van der Waals surface area contributed by atoms with Crippen molar-refractivity contribution >= 4 is 11.9 Å². The third kappa shape index (κ3) is 18.1. The van der Waals surface area contributed by atoms with Crippen LogP contribution in [0.5, 0.6) is 0 Å². The molecular weight excluding hydrogens is 180 g/mol. The molecule has 0 unspecified atom stereocenters. The second-order valence-electron chi connectivity index (χ2n) is 1.84. The van der Waals surface area contributed by atoms with Crippen molar-refractivity contribution in [1.29, 1.82) is 0 Å². The van der Waals surface area contributed by atoms with E-state index in [0.29, 0.717) is 0 Å². The molecule has 0 aliphatic rings. The number of carboxylic acid groups (broad SMARTS) is 1. The van der Waals surface area contributed by atoms with Crippen molar-refractivity contribution in [3.05, 3.63) is 0 Å². The van der Waals surface area contributed by atoms with Gasteiger partial charge in [-0.15, -0.1) is 0 Å². The zero-order chi connectivity index (χ0) is 10.7. The summed E-state index contributed by atoms with van der Waals surface area (Å²) < 4.78 is 12.9. The second-order valence-corrected chi connectivity index (χ2v) is 1.84. The molecule has 0 aliphatic heterocycles. The lowest BCUT2D eigenvalue weighted by Crippen LogP contribution is -2.07. The number of carbonyl (C=O) groups excluding carboxylic acids is 1. The Kier molecular flexibility index (Phi) is 12.0. The van der Waals surface area contributed by atoms with Gasteiger partial charge in [0, 0.05) is 14.2 Å². The topological polar surface area (TPSA) is 82.1 Å². The van der Waals surface area contributed by atoms with E-state index >= 15 is 0 Å². The standard InChI is InChI=1S/C4H8O3.C3H6O3/c1-6-3-4(5)7-2;1-6-2-3(4)5/h3H2,1-2H3;2H2,1H3,(H,4,5). The van der Waals surface area contributed by atoms with Crippen LogP contribution in [0, 0.1) is 0 Å². The summed E-state index contributed by atoms with van der Waals surface area (Å²) in [5.74, 6) is -1.28. The summed E-state index contributed by atoms with van der Waals surface area (Å²) in [7, 11) is 4.10. The van der Waals surface area contributed by atoms with Gasteiger partial charge in [0.1, 0.15) is 13.2 Å². The molecule has 6 heteroatoms. The highest BCUT2D eigenvalue weighted by Gasteiger charge is 1.93. The monoisotopic (exact) mass is 194 g/mol. The Morgan fingerprint density at radius 3 is 1.62 bits per heavy atom. The predicted molar refractivity (Wildman–Crippen MR) is 43.4 cm³/mol. The fourth-order valence-corrected chi connectivity index (χ4v) is 0.300. The number of rotatable bonds is 4. The number of ether oxygens (including phenoxy) is 3. The van der Waals surface area contributed by atoms with E-state index in [4.69, 9.17) is 5.11 Å². The van der Waals surface area contributed by atoms with Gasteiger partial charge in [0.2, 0.25) is 0 Å². The average molecular weight is 194 g/mol. The van der Waals surface area contributed by atoms with Gasteiger partial charge in [0.05, 0.1) is 7.11 Å². The minimum Gasteiger partial charge on any atom is -0.480 e. The summed E-state index contributed by atoms with van der Waals surface area (Å²) >= 11 is 0. The Balaban J connectivity index is 0. The summed E-state index contributed by atoms with van der Waals surface area (Å²) in [5, 5.41) is 7.79. The molecule has 0 bridgehead atoms. The Labute approximate surface area is 76.4 Å². The summed E-state index contributed by atoms with van der Waals surface area (Å²) in [4.78, 5) is 19.5. The molecule has 78 valence electrons. The van der Waals surface area contributed by atoms with Gasteiger partial charge >= 0.3 is 11.9 Å². The van der Waals surface area contributed by atoms with Gasteiger partial charge in [-0.05, 0) is 0 Å². The molecule has 6 nitrogen and oxygen atoms in total. The van der Waals surface area contributed by atoms with Gasteiger partial charge in [0.25, 0.3) is 0 Å². The van der Waals surface area contributed by atoms with Crippen LogP contribution in [0.3, 0.4) is 0 Å². The third-order valence-electron chi connectivity index (χ3n) is 0.758.